The van der Waals surface area contributed by atoms with Crippen molar-refractivity contribution < 1.29 is 28.2 Å². The van der Waals surface area contributed by atoms with Crippen LogP contribution in [0.1, 0.15) is 20.7 Å². The zero-order chi connectivity index (χ0) is 22.0. The van der Waals surface area contributed by atoms with Gasteiger partial charge in [0.05, 0.1) is 0 Å². The number of carbonyl (C=O) groups excluding carboxylic acids is 3. The van der Waals surface area contributed by atoms with Crippen molar-refractivity contribution in [1.29, 1.82) is 0 Å². The first-order valence-corrected chi connectivity index (χ1v) is 9.74. The van der Waals surface area contributed by atoms with Crippen LogP contribution in [0.4, 0.5) is 4.39 Å². The molecule has 0 spiro atoms. The minimum atomic E-state index is -1.16. The molecule has 31 heavy (non-hydrogen) atoms. The molecule has 0 radical (unpaired) electrons. The number of amides is 3. The van der Waals surface area contributed by atoms with Gasteiger partial charge in [0.15, 0.2) is 17.7 Å². The molecule has 2 heterocycles. The van der Waals surface area contributed by atoms with Gasteiger partial charge in [0, 0.05) is 37.3 Å². The second kappa shape index (κ2) is 8.60. The number of nitrogens with one attached hydrogen (secondary N) is 1. The normalized spacial score (nSPS) is 17.0. The lowest BCUT2D eigenvalue weighted by Gasteiger charge is -2.29. The molecule has 2 aromatic rings. The van der Waals surface area contributed by atoms with Crippen LogP contribution in [0.25, 0.3) is 0 Å². The summed E-state index contributed by atoms with van der Waals surface area (Å²) in [5, 5.41) is 2.64. The van der Waals surface area contributed by atoms with Gasteiger partial charge in [-0.05, 0) is 42.5 Å². The number of ether oxygens (including phenoxy) is 2. The number of nitrogens with two attached hydrogens (primary N) is 1. The van der Waals surface area contributed by atoms with Crippen LogP contribution in [-0.4, -0.2) is 66.7 Å². The van der Waals surface area contributed by atoms with Crippen molar-refractivity contribution in [3.05, 3.63) is 59.4 Å². The lowest BCUT2D eigenvalue weighted by molar-refractivity contribution is -0.128. The summed E-state index contributed by atoms with van der Waals surface area (Å²) in [5.41, 5.74) is 6.00. The summed E-state index contributed by atoms with van der Waals surface area (Å²) in [5.74, 6) is -0.937. The van der Waals surface area contributed by atoms with Crippen LogP contribution in [0.3, 0.4) is 0 Å². The zero-order valence-corrected chi connectivity index (χ0v) is 16.5. The molecule has 2 aliphatic rings. The standard InChI is InChI=1S/C21H21FN4O5/c22-15-4-1-13(2-5-15)20(28)25-9-10-26(19(25)18(27)24-8-7-23)21(29)14-3-6-16-17(11-14)31-12-30-16/h1-6,11,19H,7-10,12,23H2,(H,24,27). The average Bonchev–Trinajstić information content (AvgIpc) is 3.43. The first kappa shape index (κ1) is 20.6. The van der Waals surface area contributed by atoms with E-state index < -0.39 is 29.7 Å². The second-order valence-corrected chi connectivity index (χ2v) is 7.03. The highest BCUT2D eigenvalue weighted by Gasteiger charge is 2.43. The number of rotatable bonds is 5. The van der Waals surface area contributed by atoms with Crippen LogP contribution < -0.4 is 20.5 Å². The third-order valence-electron chi connectivity index (χ3n) is 5.08. The number of nitrogens with zero attached hydrogens (tertiary/aromatic N) is 2. The molecule has 3 amide bonds. The molecule has 0 aromatic heterocycles. The molecule has 10 heteroatoms. The fourth-order valence-electron chi connectivity index (χ4n) is 3.58. The Bertz CT molecular complexity index is 1010. The molecule has 4 rings (SSSR count). The molecule has 0 aliphatic carbocycles. The first-order valence-electron chi connectivity index (χ1n) is 9.74. The molecular weight excluding hydrogens is 407 g/mol. The number of benzene rings is 2. The Morgan fingerprint density at radius 1 is 0.968 bits per heavy atom. The van der Waals surface area contributed by atoms with Crippen LogP contribution in [0, 0.1) is 5.82 Å². The molecule has 1 saturated heterocycles. The maximum atomic E-state index is 13.2. The smallest absolute Gasteiger partial charge is 0.263 e. The van der Waals surface area contributed by atoms with E-state index in [2.05, 4.69) is 5.32 Å². The highest BCUT2D eigenvalue weighted by atomic mass is 19.1. The maximum Gasteiger partial charge on any atom is 0.263 e. The van der Waals surface area contributed by atoms with Gasteiger partial charge >= 0.3 is 0 Å². The summed E-state index contributed by atoms with van der Waals surface area (Å²) in [7, 11) is 0. The first-order chi connectivity index (χ1) is 15.0. The second-order valence-electron chi connectivity index (χ2n) is 7.03. The van der Waals surface area contributed by atoms with E-state index in [0.29, 0.717) is 17.1 Å². The maximum absolute atomic E-state index is 13.2. The fraction of sp³-hybridized carbons (Fsp3) is 0.286. The molecule has 2 aliphatic heterocycles. The van der Waals surface area contributed by atoms with Crippen LogP contribution >= 0.6 is 0 Å². The van der Waals surface area contributed by atoms with Gasteiger partial charge in [-0.25, -0.2) is 4.39 Å². The third kappa shape index (κ3) is 4.02. The summed E-state index contributed by atoms with van der Waals surface area (Å²) >= 11 is 0. The van der Waals surface area contributed by atoms with Gasteiger partial charge in [-0.15, -0.1) is 0 Å². The van der Waals surface area contributed by atoms with Crippen molar-refractivity contribution in [1.82, 2.24) is 15.1 Å². The van der Waals surface area contributed by atoms with Crippen molar-refractivity contribution in [3.8, 4) is 11.5 Å². The molecule has 9 nitrogen and oxygen atoms in total. The van der Waals surface area contributed by atoms with Crippen LogP contribution in [0.15, 0.2) is 42.5 Å². The Morgan fingerprint density at radius 2 is 1.58 bits per heavy atom. The van der Waals surface area contributed by atoms with E-state index in [0.717, 1.165) is 0 Å². The Morgan fingerprint density at radius 3 is 2.26 bits per heavy atom. The quantitative estimate of drug-likeness (QED) is 0.719. The molecule has 3 N–H and O–H groups in total. The van der Waals surface area contributed by atoms with Crippen LogP contribution in [0.5, 0.6) is 11.5 Å². The SMILES string of the molecule is NCCNC(=O)C1N(C(=O)c2ccc(F)cc2)CCN1C(=O)c1ccc2c(c1)OCO2. The predicted molar refractivity (Wildman–Crippen MR) is 107 cm³/mol. The number of hydrogen-bond acceptors (Lipinski definition) is 6. The van der Waals surface area contributed by atoms with Gasteiger partial charge in [-0.1, -0.05) is 0 Å². The third-order valence-corrected chi connectivity index (χ3v) is 5.08. The van der Waals surface area contributed by atoms with Crippen molar-refractivity contribution in [2.24, 2.45) is 5.73 Å². The van der Waals surface area contributed by atoms with E-state index in [9.17, 15) is 18.8 Å². The highest BCUT2D eigenvalue weighted by molar-refractivity contribution is 6.02. The molecule has 1 fully saturated rings. The molecule has 1 unspecified atom stereocenters. The van der Waals surface area contributed by atoms with E-state index in [1.54, 1.807) is 18.2 Å². The van der Waals surface area contributed by atoms with Crippen molar-refractivity contribution >= 4 is 17.7 Å². The number of carbonyl (C=O) groups is 3. The Labute approximate surface area is 177 Å². The number of hydrogen-bond donors (Lipinski definition) is 2. The van der Waals surface area contributed by atoms with E-state index in [4.69, 9.17) is 15.2 Å². The minimum Gasteiger partial charge on any atom is -0.454 e. The summed E-state index contributed by atoms with van der Waals surface area (Å²) in [6.07, 6.45) is -1.16. The van der Waals surface area contributed by atoms with Crippen molar-refractivity contribution in [3.63, 3.8) is 0 Å². The van der Waals surface area contributed by atoms with E-state index in [1.165, 1.54) is 34.1 Å². The van der Waals surface area contributed by atoms with Crippen molar-refractivity contribution in [2.45, 2.75) is 6.17 Å². The van der Waals surface area contributed by atoms with Crippen LogP contribution in [-0.2, 0) is 4.79 Å². The Hall–Kier alpha value is -3.66. The molecule has 1 atom stereocenters. The summed E-state index contributed by atoms with van der Waals surface area (Å²) in [4.78, 5) is 41.7. The van der Waals surface area contributed by atoms with Crippen LogP contribution in [0.2, 0.25) is 0 Å². The largest absolute Gasteiger partial charge is 0.454 e. The minimum absolute atomic E-state index is 0.0702. The lowest BCUT2D eigenvalue weighted by Crippen LogP contribution is -2.54. The van der Waals surface area contributed by atoms with Gasteiger partial charge in [0.2, 0.25) is 6.79 Å². The topological polar surface area (TPSA) is 114 Å². The van der Waals surface area contributed by atoms with Gasteiger partial charge in [0.25, 0.3) is 17.7 Å². The molecular formula is C21H21FN4O5. The fourth-order valence-corrected chi connectivity index (χ4v) is 3.58. The van der Waals surface area contributed by atoms with Gasteiger partial charge in [-0.3, -0.25) is 14.4 Å². The summed E-state index contributed by atoms with van der Waals surface area (Å²) in [6, 6.07) is 9.77. The van der Waals surface area contributed by atoms with Gasteiger partial charge in [-0.2, -0.15) is 0 Å². The highest BCUT2D eigenvalue weighted by Crippen LogP contribution is 2.33. The molecule has 0 bridgehead atoms. The van der Waals surface area contributed by atoms with E-state index >= 15 is 0 Å². The molecule has 2 aromatic carbocycles. The van der Waals surface area contributed by atoms with E-state index in [-0.39, 0.29) is 38.5 Å². The molecule has 162 valence electrons. The van der Waals surface area contributed by atoms with Gasteiger partial charge in [0.1, 0.15) is 5.82 Å². The predicted octanol–water partition coefficient (Wildman–Crippen LogP) is 0.554. The average molecular weight is 428 g/mol. The Kier molecular flexibility index (Phi) is 5.72. The zero-order valence-electron chi connectivity index (χ0n) is 16.5. The van der Waals surface area contributed by atoms with Gasteiger partial charge < -0.3 is 30.3 Å². The van der Waals surface area contributed by atoms with E-state index in [1.807, 2.05) is 0 Å². The van der Waals surface area contributed by atoms with Crippen molar-refractivity contribution in [2.75, 3.05) is 33.0 Å². The lowest BCUT2D eigenvalue weighted by atomic mass is 10.1. The summed E-state index contributed by atoms with van der Waals surface area (Å²) < 4.78 is 23.8. The monoisotopic (exact) mass is 428 g/mol. The molecule has 0 saturated carbocycles. The Balaban J connectivity index is 1.61. The summed E-state index contributed by atoms with van der Waals surface area (Å²) in [6.45, 7) is 0.773. The number of halogens is 1. The number of fused-ring (bicyclic) bond motifs is 1.